The zero-order valence-corrected chi connectivity index (χ0v) is 10.1. The van der Waals surface area contributed by atoms with Crippen LogP contribution >= 0.6 is 0 Å². The number of aldehydes is 1. The minimum Gasteiger partial charge on any atom is -0.493 e. The van der Waals surface area contributed by atoms with E-state index in [1.54, 1.807) is 18.2 Å². The van der Waals surface area contributed by atoms with Gasteiger partial charge in [0.1, 0.15) is 13.6 Å². The topological polar surface area (TPSA) is 26.3 Å². The average Bonchev–Trinajstić information content (AvgIpc) is 2.16. The molecule has 2 radical (unpaired) electrons. The molecule has 0 N–H and O–H groups in total. The highest BCUT2D eigenvalue weighted by Crippen LogP contribution is 2.20. The van der Waals surface area contributed by atoms with Gasteiger partial charge < -0.3 is 4.74 Å². The van der Waals surface area contributed by atoms with Crippen LogP contribution in [0.2, 0.25) is 0 Å². The van der Waals surface area contributed by atoms with Crippen LogP contribution in [0.15, 0.2) is 18.2 Å². The summed E-state index contributed by atoms with van der Waals surface area (Å²) in [4.78, 5) is 10.8. The highest BCUT2D eigenvalue weighted by atomic mass is 16.5. The molecule has 1 rings (SSSR count). The summed E-state index contributed by atoms with van der Waals surface area (Å²) in [5.74, 6) is 0.569. The molecule has 0 amide bonds. The van der Waals surface area contributed by atoms with Gasteiger partial charge in [-0.1, -0.05) is 32.3 Å². The van der Waals surface area contributed by atoms with Gasteiger partial charge >= 0.3 is 0 Å². The van der Waals surface area contributed by atoms with Crippen molar-refractivity contribution in [3.05, 3.63) is 23.8 Å². The van der Waals surface area contributed by atoms with Crippen LogP contribution in [0.25, 0.3) is 0 Å². The summed E-state index contributed by atoms with van der Waals surface area (Å²) in [6.45, 7) is 7.04. The van der Waals surface area contributed by atoms with Crippen LogP contribution in [0.1, 0.15) is 37.6 Å². The van der Waals surface area contributed by atoms with Crippen molar-refractivity contribution in [1.82, 2.24) is 0 Å². The van der Waals surface area contributed by atoms with E-state index in [1.165, 1.54) is 0 Å². The molecule has 0 aromatic heterocycles. The fraction of sp³-hybridized carbons (Fsp3) is 0.462. The van der Waals surface area contributed by atoms with Gasteiger partial charge in [-0.3, -0.25) is 4.79 Å². The molecule has 0 aliphatic carbocycles. The lowest BCUT2D eigenvalue weighted by molar-refractivity contribution is 0.111. The van der Waals surface area contributed by atoms with Crippen molar-refractivity contribution in [2.24, 2.45) is 5.41 Å². The average molecular weight is 216 g/mol. The zero-order valence-electron chi connectivity index (χ0n) is 10.1. The second kappa shape index (κ2) is 5.19. The van der Waals surface area contributed by atoms with Crippen molar-refractivity contribution in [2.45, 2.75) is 27.2 Å². The summed E-state index contributed by atoms with van der Waals surface area (Å²) in [6.07, 6.45) is 1.71. The van der Waals surface area contributed by atoms with Gasteiger partial charge in [0.15, 0.2) is 6.29 Å². The van der Waals surface area contributed by atoms with E-state index >= 15 is 0 Å². The number of benzene rings is 1. The number of hydrogen-bond donors (Lipinski definition) is 0. The van der Waals surface area contributed by atoms with Crippen LogP contribution in [-0.4, -0.2) is 20.7 Å². The minimum atomic E-state index is 0.224. The van der Waals surface area contributed by atoms with Crippen molar-refractivity contribution in [3.63, 3.8) is 0 Å². The molecule has 16 heavy (non-hydrogen) atoms. The third-order valence-electron chi connectivity index (χ3n) is 2.27. The molecule has 0 atom stereocenters. The first-order chi connectivity index (χ1) is 7.42. The number of ether oxygens (including phenoxy) is 1. The molecule has 1 aromatic carbocycles. The molecule has 0 unspecified atom stereocenters. The lowest BCUT2D eigenvalue weighted by Gasteiger charge is -2.18. The largest absolute Gasteiger partial charge is 0.493 e. The fourth-order valence-electron chi connectivity index (χ4n) is 1.24. The van der Waals surface area contributed by atoms with Gasteiger partial charge in [-0.2, -0.15) is 0 Å². The first kappa shape index (κ1) is 12.8. The van der Waals surface area contributed by atoms with Gasteiger partial charge in [0.25, 0.3) is 0 Å². The first-order valence-electron chi connectivity index (χ1n) is 5.40. The standard InChI is InChI=1S/C13H17BO2/c1-13(2,3)6-7-16-12-8-11(14)5-4-10(12)9-15/h4-5,8-9H,6-7H2,1-3H3. The monoisotopic (exact) mass is 216 g/mol. The Labute approximate surface area is 98.4 Å². The molecule has 0 saturated carbocycles. The molecule has 0 aliphatic rings. The third-order valence-corrected chi connectivity index (χ3v) is 2.27. The van der Waals surface area contributed by atoms with Crippen LogP contribution in [0.3, 0.4) is 0 Å². The van der Waals surface area contributed by atoms with Crippen LogP contribution in [0, 0.1) is 5.41 Å². The van der Waals surface area contributed by atoms with Gasteiger partial charge in [-0.05, 0) is 24.0 Å². The first-order valence-corrected chi connectivity index (χ1v) is 5.40. The van der Waals surface area contributed by atoms with Gasteiger partial charge in [0.05, 0.1) is 12.2 Å². The Morgan fingerprint density at radius 1 is 1.38 bits per heavy atom. The van der Waals surface area contributed by atoms with Gasteiger partial charge in [0, 0.05) is 0 Å². The molecule has 0 saturated heterocycles. The van der Waals surface area contributed by atoms with Gasteiger partial charge in [0.2, 0.25) is 0 Å². The van der Waals surface area contributed by atoms with Crippen LogP contribution < -0.4 is 10.2 Å². The summed E-state index contributed by atoms with van der Waals surface area (Å²) in [5.41, 5.74) is 1.38. The normalized spacial score (nSPS) is 11.2. The van der Waals surface area contributed by atoms with Crippen molar-refractivity contribution in [2.75, 3.05) is 6.61 Å². The molecular weight excluding hydrogens is 199 g/mol. The van der Waals surface area contributed by atoms with Crippen LogP contribution in [-0.2, 0) is 0 Å². The Hall–Kier alpha value is -1.25. The molecule has 0 fully saturated rings. The molecule has 2 nitrogen and oxygen atoms in total. The Balaban J connectivity index is 2.65. The Morgan fingerprint density at radius 2 is 2.06 bits per heavy atom. The smallest absolute Gasteiger partial charge is 0.153 e. The minimum absolute atomic E-state index is 0.224. The summed E-state index contributed by atoms with van der Waals surface area (Å²) < 4.78 is 5.57. The third kappa shape index (κ3) is 4.09. The van der Waals surface area contributed by atoms with E-state index in [-0.39, 0.29) is 5.41 Å². The molecule has 0 heterocycles. The number of carbonyl (C=O) groups is 1. The van der Waals surface area contributed by atoms with E-state index in [1.807, 2.05) is 0 Å². The molecular formula is C13H17BO2. The highest BCUT2D eigenvalue weighted by Gasteiger charge is 2.10. The van der Waals surface area contributed by atoms with Gasteiger partial charge in [-0.25, -0.2) is 0 Å². The predicted octanol–water partition coefficient (Wildman–Crippen LogP) is 2.11. The van der Waals surface area contributed by atoms with E-state index in [4.69, 9.17) is 12.6 Å². The maximum Gasteiger partial charge on any atom is 0.153 e. The predicted molar refractivity (Wildman–Crippen MR) is 66.8 cm³/mol. The second-order valence-electron chi connectivity index (χ2n) is 5.07. The van der Waals surface area contributed by atoms with Crippen LogP contribution in [0.5, 0.6) is 5.75 Å². The molecule has 1 aromatic rings. The summed E-state index contributed by atoms with van der Waals surface area (Å²) >= 11 is 0. The fourth-order valence-corrected chi connectivity index (χ4v) is 1.24. The molecule has 3 heteroatoms. The van der Waals surface area contributed by atoms with Crippen molar-refractivity contribution < 1.29 is 9.53 Å². The van der Waals surface area contributed by atoms with E-state index in [0.717, 1.165) is 12.7 Å². The van der Waals surface area contributed by atoms with E-state index in [0.29, 0.717) is 23.4 Å². The number of rotatable bonds is 4. The maximum absolute atomic E-state index is 10.8. The lowest BCUT2D eigenvalue weighted by atomic mass is 9.93. The molecule has 0 aliphatic heterocycles. The summed E-state index contributed by atoms with van der Waals surface area (Å²) in [7, 11) is 5.64. The number of carbonyl (C=O) groups excluding carboxylic acids is 1. The summed E-state index contributed by atoms with van der Waals surface area (Å²) in [5, 5.41) is 0. The van der Waals surface area contributed by atoms with E-state index in [9.17, 15) is 4.79 Å². The number of hydrogen-bond acceptors (Lipinski definition) is 2. The van der Waals surface area contributed by atoms with Crippen molar-refractivity contribution in [3.8, 4) is 5.75 Å². The quantitative estimate of drug-likeness (QED) is 0.569. The Kier molecular flexibility index (Phi) is 4.16. The summed E-state index contributed by atoms with van der Waals surface area (Å²) in [6, 6.07) is 5.06. The van der Waals surface area contributed by atoms with Gasteiger partial charge in [-0.15, -0.1) is 0 Å². The molecule has 0 spiro atoms. The van der Waals surface area contributed by atoms with Crippen LogP contribution in [0.4, 0.5) is 0 Å². The zero-order chi connectivity index (χ0) is 12.2. The highest BCUT2D eigenvalue weighted by molar-refractivity contribution is 6.32. The maximum atomic E-state index is 10.8. The van der Waals surface area contributed by atoms with E-state index < -0.39 is 0 Å². The molecule has 0 bridgehead atoms. The lowest BCUT2D eigenvalue weighted by Crippen LogP contribution is -2.13. The van der Waals surface area contributed by atoms with Crippen molar-refractivity contribution in [1.29, 1.82) is 0 Å². The van der Waals surface area contributed by atoms with E-state index in [2.05, 4.69) is 20.8 Å². The SMILES string of the molecule is [B]c1ccc(C=O)c(OCCC(C)(C)C)c1. The Bertz CT molecular complexity index is 367. The molecule has 84 valence electrons. The second-order valence-corrected chi connectivity index (χ2v) is 5.07. The Morgan fingerprint density at radius 3 is 2.62 bits per heavy atom. The van der Waals surface area contributed by atoms with Crippen molar-refractivity contribution >= 4 is 19.6 Å².